The number of ether oxygens (including phenoxy) is 1. The average molecular weight is 374 g/mol. The van der Waals surface area contributed by atoms with Crippen molar-refractivity contribution in [3.05, 3.63) is 65.7 Å². The van der Waals surface area contributed by atoms with Gasteiger partial charge >= 0.3 is 0 Å². The van der Waals surface area contributed by atoms with Crippen LogP contribution in [0.3, 0.4) is 0 Å². The SMILES string of the molecule is CC(C)Oc1cccc(/C=C/C(=O)NCc2ccc(S(N)(=O)=O)cc2)c1. The standard InChI is InChI=1S/C19H22N2O4S/c1-14(2)25-17-5-3-4-15(12-17)8-11-19(22)21-13-16-6-9-18(10-7-16)26(20,23)24/h3-12,14H,13H2,1-2H3,(H,21,22)(H2,20,23,24)/b11-8+. The van der Waals surface area contributed by atoms with Crippen molar-refractivity contribution >= 4 is 22.0 Å². The van der Waals surface area contributed by atoms with Gasteiger partial charge in [0.15, 0.2) is 0 Å². The van der Waals surface area contributed by atoms with Crippen LogP contribution in [0.25, 0.3) is 6.08 Å². The van der Waals surface area contributed by atoms with Crippen LogP contribution in [0.5, 0.6) is 5.75 Å². The normalized spacial score (nSPS) is 11.7. The Hall–Kier alpha value is -2.64. The molecule has 6 nitrogen and oxygen atoms in total. The number of nitrogens with one attached hydrogen (secondary N) is 1. The third-order valence-electron chi connectivity index (χ3n) is 3.38. The van der Waals surface area contributed by atoms with E-state index in [0.29, 0.717) is 0 Å². The van der Waals surface area contributed by atoms with E-state index in [4.69, 9.17) is 9.88 Å². The lowest BCUT2D eigenvalue weighted by atomic mass is 10.2. The molecule has 0 bridgehead atoms. The Kier molecular flexibility index (Phi) is 6.54. The maximum atomic E-state index is 11.9. The van der Waals surface area contributed by atoms with Gasteiger partial charge in [0.05, 0.1) is 11.0 Å². The van der Waals surface area contributed by atoms with Crippen molar-refractivity contribution in [1.82, 2.24) is 5.32 Å². The fourth-order valence-electron chi connectivity index (χ4n) is 2.18. The van der Waals surface area contributed by atoms with Gasteiger partial charge in [0.2, 0.25) is 15.9 Å². The van der Waals surface area contributed by atoms with E-state index in [-0.39, 0.29) is 23.5 Å². The van der Waals surface area contributed by atoms with E-state index < -0.39 is 10.0 Å². The van der Waals surface area contributed by atoms with E-state index >= 15 is 0 Å². The van der Waals surface area contributed by atoms with E-state index in [1.54, 1.807) is 18.2 Å². The van der Waals surface area contributed by atoms with E-state index in [1.165, 1.54) is 18.2 Å². The summed E-state index contributed by atoms with van der Waals surface area (Å²) in [6.07, 6.45) is 3.22. The van der Waals surface area contributed by atoms with Crippen LogP contribution in [0.2, 0.25) is 0 Å². The summed E-state index contributed by atoms with van der Waals surface area (Å²) in [6, 6.07) is 13.5. The van der Waals surface area contributed by atoms with Gasteiger partial charge in [-0.3, -0.25) is 4.79 Å². The van der Waals surface area contributed by atoms with Gasteiger partial charge < -0.3 is 10.1 Å². The van der Waals surface area contributed by atoms with Gasteiger partial charge in [-0.25, -0.2) is 13.6 Å². The second-order valence-electron chi connectivity index (χ2n) is 5.98. The van der Waals surface area contributed by atoms with E-state index in [1.807, 2.05) is 38.1 Å². The van der Waals surface area contributed by atoms with E-state index in [9.17, 15) is 13.2 Å². The molecule has 3 N–H and O–H groups in total. The minimum atomic E-state index is -3.71. The third-order valence-corrected chi connectivity index (χ3v) is 4.30. The Labute approximate surface area is 153 Å². The molecule has 26 heavy (non-hydrogen) atoms. The lowest BCUT2D eigenvalue weighted by Crippen LogP contribution is -2.20. The average Bonchev–Trinajstić information content (AvgIpc) is 2.57. The van der Waals surface area contributed by atoms with Gasteiger partial charge in [0, 0.05) is 12.6 Å². The zero-order chi connectivity index (χ0) is 19.2. The first kappa shape index (κ1) is 19.7. The molecule has 0 aliphatic rings. The highest BCUT2D eigenvalue weighted by molar-refractivity contribution is 7.89. The molecule has 138 valence electrons. The van der Waals surface area contributed by atoms with Crippen molar-refractivity contribution in [3.8, 4) is 5.75 Å². The third kappa shape index (κ3) is 6.34. The van der Waals surface area contributed by atoms with Crippen molar-refractivity contribution in [2.45, 2.75) is 31.4 Å². The fourth-order valence-corrected chi connectivity index (χ4v) is 2.70. The van der Waals surface area contributed by atoms with Crippen LogP contribution in [-0.2, 0) is 21.4 Å². The quantitative estimate of drug-likeness (QED) is 0.727. The van der Waals surface area contributed by atoms with Crippen LogP contribution in [-0.4, -0.2) is 20.4 Å². The number of nitrogens with two attached hydrogens (primary N) is 1. The van der Waals surface area contributed by atoms with E-state index in [0.717, 1.165) is 16.9 Å². The van der Waals surface area contributed by atoms with Gasteiger partial charge in [-0.2, -0.15) is 0 Å². The molecule has 0 saturated carbocycles. The smallest absolute Gasteiger partial charge is 0.244 e. The largest absolute Gasteiger partial charge is 0.491 e. The number of carbonyl (C=O) groups is 1. The second kappa shape index (κ2) is 8.64. The summed E-state index contributed by atoms with van der Waals surface area (Å²) < 4.78 is 28.0. The Morgan fingerprint density at radius 1 is 1.19 bits per heavy atom. The summed E-state index contributed by atoms with van der Waals surface area (Å²) in [5, 5.41) is 7.78. The van der Waals surface area contributed by atoms with Crippen LogP contribution < -0.4 is 15.2 Å². The molecule has 0 heterocycles. The molecule has 0 fully saturated rings. The lowest BCUT2D eigenvalue weighted by Gasteiger charge is -2.09. The predicted octanol–water partition coefficient (Wildman–Crippen LogP) is 2.45. The summed E-state index contributed by atoms with van der Waals surface area (Å²) in [6.45, 7) is 4.18. The molecular formula is C19H22N2O4S. The molecule has 0 aromatic heterocycles. The maximum Gasteiger partial charge on any atom is 0.244 e. The summed E-state index contributed by atoms with van der Waals surface area (Å²) in [5.41, 5.74) is 1.63. The van der Waals surface area contributed by atoms with Crippen LogP contribution in [0.4, 0.5) is 0 Å². The van der Waals surface area contributed by atoms with Crippen molar-refractivity contribution in [3.63, 3.8) is 0 Å². The highest BCUT2D eigenvalue weighted by Gasteiger charge is 2.06. The van der Waals surface area contributed by atoms with E-state index in [2.05, 4.69) is 5.32 Å². The Morgan fingerprint density at radius 3 is 2.50 bits per heavy atom. The molecule has 2 aromatic carbocycles. The molecule has 2 rings (SSSR count). The van der Waals surface area contributed by atoms with Crippen LogP contribution in [0.15, 0.2) is 59.5 Å². The molecule has 0 atom stereocenters. The number of amides is 1. The molecule has 0 unspecified atom stereocenters. The highest BCUT2D eigenvalue weighted by Crippen LogP contribution is 2.16. The minimum Gasteiger partial charge on any atom is -0.491 e. The Balaban J connectivity index is 1.91. The van der Waals surface area contributed by atoms with Gasteiger partial charge in [-0.15, -0.1) is 0 Å². The Bertz CT molecular complexity index is 888. The summed E-state index contributed by atoms with van der Waals surface area (Å²) in [4.78, 5) is 12.0. The maximum absolute atomic E-state index is 11.9. The monoisotopic (exact) mass is 374 g/mol. The lowest BCUT2D eigenvalue weighted by molar-refractivity contribution is -0.116. The zero-order valence-electron chi connectivity index (χ0n) is 14.7. The minimum absolute atomic E-state index is 0.0379. The van der Waals surface area contributed by atoms with Crippen molar-refractivity contribution in [2.24, 2.45) is 5.14 Å². The van der Waals surface area contributed by atoms with Crippen LogP contribution in [0.1, 0.15) is 25.0 Å². The number of primary sulfonamides is 1. The Morgan fingerprint density at radius 2 is 1.88 bits per heavy atom. The second-order valence-corrected chi connectivity index (χ2v) is 7.54. The summed E-state index contributed by atoms with van der Waals surface area (Å²) >= 11 is 0. The first-order chi connectivity index (χ1) is 12.2. The number of hydrogen-bond acceptors (Lipinski definition) is 4. The number of hydrogen-bond donors (Lipinski definition) is 2. The fraction of sp³-hybridized carbons (Fsp3) is 0.211. The molecule has 0 spiro atoms. The molecular weight excluding hydrogens is 352 g/mol. The van der Waals surface area contributed by atoms with Gasteiger partial charge in [-0.1, -0.05) is 24.3 Å². The molecule has 0 saturated heterocycles. The first-order valence-corrected chi connectivity index (χ1v) is 9.63. The van der Waals surface area contributed by atoms with Crippen LogP contribution >= 0.6 is 0 Å². The van der Waals surface area contributed by atoms with Crippen molar-refractivity contribution < 1.29 is 17.9 Å². The zero-order valence-corrected chi connectivity index (χ0v) is 15.5. The summed E-state index contributed by atoms with van der Waals surface area (Å²) in [7, 11) is -3.71. The number of carbonyl (C=O) groups excluding carboxylic acids is 1. The molecule has 7 heteroatoms. The molecule has 0 aliphatic carbocycles. The summed E-state index contributed by atoms with van der Waals surface area (Å²) in [5.74, 6) is 0.494. The van der Waals surface area contributed by atoms with Gasteiger partial charge in [0.25, 0.3) is 0 Å². The number of rotatable bonds is 7. The first-order valence-electron chi connectivity index (χ1n) is 8.08. The molecule has 1 amide bonds. The molecule has 0 radical (unpaired) electrons. The van der Waals surface area contributed by atoms with Crippen LogP contribution in [0, 0.1) is 0 Å². The molecule has 2 aromatic rings. The highest BCUT2D eigenvalue weighted by atomic mass is 32.2. The van der Waals surface area contributed by atoms with Gasteiger partial charge in [-0.05, 0) is 55.3 Å². The number of benzene rings is 2. The van der Waals surface area contributed by atoms with Crippen molar-refractivity contribution in [1.29, 1.82) is 0 Å². The predicted molar refractivity (Wildman–Crippen MR) is 101 cm³/mol. The topological polar surface area (TPSA) is 98.5 Å². The molecule has 0 aliphatic heterocycles. The van der Waals surface area contributed by atoms with Crippen molar-refractivity contribution in [2.75, 3.05) is 0 Å². The number of sulfonamides is 1. The van der Waals surface area contributed by atoms with Gasteiger partial charge in [0.1, 0.15) is 5.75 Å².